The molecular weight excluding hydrogens is 296 g/mol. The number of nitrogens with zero attached hydrogens (tertiary/aromatic N) is 2. The van der Waals surface area contributed by atoms with Gasteiger partial charge >= 0.3 is 6.09 Å². The Balaban J connectivity index is 1.59. The standard InChI is InChI=1S/C17H24N2O4/c1-11-5-6-22-14(11)15(20)18-7-12-9-19(10-13(12)8-18)16(21)23-17(2,3)4/h5-6,12-13H,7-10H2,1-4H3. The van der Waals surface area contributed by atoms with Gasteiger partial charge in [0.25, 0.3) is 5.91 Å². The molecule has 0 N–H and O–H groups in total. The van der Waals surface area contributed by atoms with Gasteiger partial charge in [-0.1, -0.05) is 0 Å². The molecule has 0 bridgehead atoms. The second kappa shape index (κ2) is 5.58. The van der Waals surface area contributed by atoms with Gasteiger partial charge < -0.3 is 19.0 Å². The van der Waals surface area contributed by atoms with Crippen molar-refractivity contribution in [2.24, 2.45) is 11.8 Å². The van der Waals surface area contributed by atoms with Crippen molar-refractivity contribution >= 4 is 12.0 Å². The molecule has 6 heteroatoms. The van der Waals surface area contributed by atoms with Crippen molar-refractivity contribution in [1.82, 2.24) is 9.80 Å². The monoisotopic (exact) mass is 320 g/mol. The van der Waals surface area contributed by atoms with Gasteiger partial charge in [-0.15, -0.1) is 0 Å². The molecule has 23 heavy (non-hydrogen) atoms. The van der Waals surface area contributed by atoms with E-state index in [2.05, 4.69) is 0 Å². The molecule has 2 unspecified atom stereocenters. The first-order valence-electron chi connectivity index (χ1n) is 8.06. The molecule has 0 aromatic carbocycles. The van der Waals surface area contributed by atoms with Crippen LogP contribution in [0.25, 0.3) is 0 Å². The van der Waals surface area contributed by atoms with Crippen LogP contribution in [0.3, 0.4) is 0 Å². The third-order valence-electron chi connectivity index (χ3n) is 4.48. The molecule has 2 aliphatic rings. The highest BCUT2D eigenvalue weighted by atomic mass is 16.6. The second-order valence-electron chi connectivity index (χ2n) is 7.55. The summed E-state index contributed by atoms with van der Waals surface area (Å²) >= 11 is 0. The van der Waals surface area contributed by atoms with E-state index < -0.39 is 5.60 Å². The van der Waals surface area contributed by atoms with Gasteiger partial charge in [-0.25, -0.2) is 4.79 Å². The number of aryl methyl sites for hydroxylation is 1. The second-order valence-corrected chi connectivity index (χ2v) is 7.55. The average Bonchev–Trinajstić information content (AvgIpc) is 3.08. The Morgan fingerprint density at radius 1 is 1.13 bits per heavy atom. The number of amides is 2. The number of rotatable bonds is 1. The smallest absolute Gasteiger partial charge is 0.410 e. The van der Waals surface area contributed by atoms with E-state index in [4.69, 9.17) is 9.15 Å². The summed E-state index contributed by atoms with van der Waals surface area (Å²) in [5.74, 6) is 1.02. The molecule has 0 spiro atoms. The lowest BCUT2D eigenvalue weighted by molar-refractivity contribution is 0.0275. The Kier molecular flexibility index (Phi) is 3.86. The van der Waals surface area contributed by atoms with Gasteiger partial charge in [0, 0.05) is 43.6 Å². The molecule has 6 nitrogen and oxygen atoms in total. The zero-order valence-electron chi connectivity index (χ0n) is 14.2. The van der Waals surface area contributed by atoms with E-state index >= 15 is 0 Å². The number of ether oxygens (including phenoxy) is 1. The molecular formula is C17H24N2O4. The van der Waals surface area contributed by atoms with Gasteiger partial charge in [0.1, 0.15) is 5.60 Å². The highest BCUT2D eigenvalue weighted by Gasteiger charge is 2.44. The average molecular weight is 320 g/mol. The van der Waals surface area contributed by atoms with Crippen molar-refractivity contribution in [3.8, 4) is 0 Å². The molecule has 0 saturated carbocycles. The van der Waals surface area contributed by atoms with Crippen molar-refractivity contribution in [3.05, 3.63) is 23.7 Å². The first-order chi connectivity index (χ1) is 10.7. The Hall–Kier alpha value is -1.98. The number of hydrogen-bond acceptors (Lipinski definition) is 4. The van der Waals surface area contributed by atoms with Crippen molar-refractivity contribution in [2.45, 2.75) is 33.3 Å². The molecule has 2 amide bonds. The molecule has 2 aliphatic heterocycles. The summed E-state index contributed by atoms with van der Waals surface area (Å²) in [4.78, 5) is 28.2. The molecule has 126 valence electrons. The fourth-order valence-corrected chi connectivity index (χ4v) is 3.37. The number of hydrogen-bond donors (Lipinski definition) is 0. The van der Waals surface area contributed by atoms with Gasteiger partial charge in [0.2, 0.25) is 0 Å². The fourth-order valence-electron chi connectivity index (χ4n) is 3.37. The van der Waals surface area contributed by atoms with Crippen LogP contribution in [-0.2, 0) is 4.74 Å². The predicted octanol–water partition coefficient (Wildman–Crippen LogP) is 2.53. The largest absolute Gasteiger partial charge is 0.459 e. The van der Waals surface area contributed by atoms with Gasteiger partial charge in [-0.3, -0.25) is 4.79 Å². The van der Waals surface area contributed by atoms with Crippen LogP contribution in [0.5, 0.6) is 0 Å². The summed E-state index contributed by atoms with van der Waals surface area (Å²) in [5.41, 5.74) is 0.385. The summed E-state index contributed by atoms with van der Waals surface area (Å²) in [7, 11) is 0. The molecule has 2 saturated heterocycles. The maximum atomic E-state index is 12.5. The fraction of sp³-hybridized carbons (Fsp3) is 0.647. The lowest BCUT2D eigenvalue weighted by Crippen LogP contribution is -2.38. The van der Waals surface area contributed by atoms with Crippen LogP contribution in [0.1, 0.15) is 36.9 Å². The summed E-state index contributed by atoms with van der Waals surface area (Å²) in [6.45, 7) is 10.1. The minimum absolute atomic E-state index is 0.0503. The minimum Gasteiger partial charge on any atom is -0.459 e. The predicted molar refractivity (Wildman–Crippen MR) is 84.1 cm³/mol. The van der Waals surface area contributed by atoms with E-state index in [1.165, 1.54) is 0 Å². The van der Waals surface area contributed by atoms with Crippen LogP contribution in [0.4, 0.5) is 4.79 Å². The van der Waals surface area contributed by atoms with Crippen molar-refractivity contribution in [1.29, 1.82) is 0 Å². The Morgan fingerprint density at radius 2 is 1.70 bits per heavy atom. The van der Waals surface area contributed by atoms with Gasteiger partial charge in [0.15, 0.2) is 5.76 Å². The number of carbonyl (C=O) groups is 2. The normalized spacial score (nSPS) is 24.0. The van der Waals surface area contributed by atoms with Crippen LogP contribution in [-0.4, -0.2) is 53.6 Å². The number of furan rings is 1. The lowest BCUT2D eigenvalue weighted by atomic mass is 10.0. The van der Waals surface area contributed by atoms with E-state index in [1.54, 1.807) is 17.2 Å². The first kappa shape index (κ1) is 15.9. The minimum atomic E-state index is -0.479. The van der Waals surface area contributed by atoms with Crippen LogP contribution >= 0.6 is 0 Å². The number of likely N-dealkylation sites (tertiary alicyclic amines) is 2. The Labute approximate surface area is 136 Å². The van der Waals surface area contributed by atoms with Crippen LogP contribution in [0.15, 0.2) is 16.7 Å². The highest BCUT2D eigenvalue weighted by molar-refractivity contribution is 5.93. The van der Waals surface area contributed by atoms with Crippen molar-refractivity contribution in [2.75, 3.05) is 26.2 Å². The molecule has 3 heterocycles. The van der Waals surface area contributed by atoms with Crippen LogP contribution < -0.4 is 0 Å². The van der Waals surface area contributed by atoms with E-state index in [1.807, 2.05) is 32.6 Å². The summed E-state index contributed by atoms with van der Waals surface area (Å²) in [5, 5.41) is 0. The third-order valence-corrected chi connectivity index (χ3v) is 4.48. The molecule has 1 aromatic heterocycles. The third kappa shape index (κ3) is 3.21. The van der Waals surface area contributed by atoms with Gasteiger partial charge in [-0.2, -0.15) is 0 Å². The Bertz CT molecular complexity index is 602. The highest BCUT2D eigenvalue weighted by Crippen LogP contribution is 2.33. The quantitative estimate of drug-likeness (QED) is 0.797. The van der Waals surface area contributed by atoms with Crippen molar-refractivity contribution in [3.63, 3.8) is 0 Å². The molecule has 3 rings (SSSR count). The van der Waals surface area contributed by atoms with E-state index in [9.17, 15) is 9.59 Å². The van der Waals surface area contributed by atoms with E-state index in [0.29, 0.717) is 43.8 Å². The van der Waals surface area contributed by atoms with Gasteiger partial charge in [-0.05, 0) is 33.8 Å². The zero-order chi connectivity index (χ0) is 16.8. The number of fused-ring (bicyclic) bond motifs is 1. The zero-order valence-corrected chi connectivity index (χ0v) is 14.2. The number of carbonyl (C=O) groups excluding carboxylic acids is 2. The van der Waals surface area contributed by atoms with E-state index in [0.717, 1.165) is 5.56 Å². The summed E-state index contributed by atoms with van der Waals surface area (Å²) < 4.78 is 10.7. The SMILES string of the molecule is Cc1ccoc1C(=O)N1CC2CN(C(=O)OC(C)(C)C)CC2C1. The van der Waals surface area contributed by atoms with E-state index in [-0.39, 0.29) is 12.0 Å². The maximum absolute atomic E-state index is 12.5. The molecule has 2 atom stereocenters. The lowest BCUT2D eigenvalue weighted by Gasteiger charge is -2.26. The maximum Gasteiger partial charge on any atom is 0.410 e. The van der Waals surface area contributed by atoms with Crippen molar-refractivity contribution < 1.29 is 18.7 Å². The molecule has 0 aliphatic carbocycles. The van der Waals surface area contributed by atoms with Crippen LogP contribution in [0, 0.1) is 18.8 Å². The Morgan fingerprint density at radius 3 is 2.17 bits per heavy atom. The topological polar surface area (TPSA) is 63.0 Å². The van der Waals surface area contributed by atoms with Crippen LogP contribution in [0.2, 0.25) is 0 Å². The first-order valence-corrected chi connectivity index (χ1v) is 8.06. The molecule has 2 fully saturated rings. The summed E-state index contributed by atoms with van der Waals surface area (Å²) in [6, 6.07) is 1.80. The van der Waals surface area contributed by atoms with Gasteiger partial charge in [0.05, 0.1) is 6.26 Å². The molecule has 0 radical (unpaired) electrons. The molecule has 1 aromatic rings. The summed E-state index contributed by atoms with van der Waals surface area (Å²) in [6.07, 6.45) is 1.29.